The van der Waals surface area contributed by atoms with E-state index in [1.807, 2.05) is 12.4 Å². The van der Waals surface area contributed by atoms with Crippen LogP contribution in [0, 0.1) is 0 Å². The van der Waals surface area contributed by atoms with Gasteiger partial charge in [0.2, 0.25) is 0 Å². The Labute approximate surface area is 137 Å². The number of para-hydroxylation sites is 2. The third-order valence-corrected chi connectivity index (χ3v) is 5.65. The summed E-state index contributed by atoms with van der Waals surface area (Å²) in [4.78, 5) is 5.79. The number of hydrogen-bond acceptors (Lipinski definition) is 3. The molecule has 0 radical (unpaired) electrons. The van der Waals surface area contributed by atoms with Crippen molar-refractivity contribution >= 4 is 38.3 Å². The molecule has 0 fully saturated rings. The van der Waals surface area contributed by atoms with Crippen LogP contribution in [0.1, 0.15) is 24.3 Å². The Balaban J connectivity index is 1.51. The average Bonchev–Trinajstić information content (AvgIpc) is 3.10. The lowest BCUT2D eigenvalue weighted by atomic mass is 10.2. The van der Waals surface area contributed by atoms with Crippen LogP contribution in [0.4, 0.5) is 0 Å². The standard InChI is InChI=1S/C16H18BrN3S/c1-12(16-13(17)7-10-21-16)18-8-4-9-20-11-19-14-5-2-3-6-15(14)20/h2-3,5-7,10-12,18H,4,8-9H2,1H3. The summed E-state index contributed by atoms with van der Waals surface area (Å²) in [5.41, 5.74) is 2.29. The first-order chi connectivity index (χ1) is 10.3. The second-order valence-corrected chi connectivity index (χ2v) is 6.89. The molecule has 1 unspecified atom stereocenters. The van der Waals surface area contributed by atoms with Crippen molar-refractivity contribution in [3.05, 3.63) is 51.4 Å². The van der Waals surface area contributed by atoms with Crippen molar-refractivity contribution in [1.82, 2.24) is 14.9 Å². The number of nitrogens with one attached hydrogen (secondary N) is 1. The van der Waals surface area contributed by atoms with E-state index in [0.717, 1.165) is 25.0 Å². The lowest BCUT2D eigenvalue weighted by molar-refractivity contribution is 0.534. The van der Waals surface area contributed by atoms with Crippen LogP contribution in [0.3, 0.4) is 0 Å². The molecule has 3 aromatic rings. The number of thiophene rings is 1. The number of aryl methyl sites for hydroxylation is 1. The minimum absolute atomic E-state index is 0.388. The molecule has 0 saturated carbocycles. The molecule has 0 amide bonds. The van der Waals surface area contributed by atoms with E-state index in [4.69, 9.17) is 0 Å². The smallest absolute Gasteiger partial charge is 0.0958 e. The van der Waals surface area contributed by atoms with Crippen molar-refractivity contribution in [3.63, 3.8) is 0 Å². The molecule has 0 aliphatic rings. The molecule has 5 heteroatoms. The highest BCUT2D eigenvalue weighted by atomic mass is 79.9. The van der Waals surface area contributed by atoms with Gasteiger partial charge in [-0.25, -0.2) is 4.98 Å². The number of benzene rings is 1. The third-order valence-electron chi connectivity index (χ3n) is 3.59. The number of nitrogens with zero attached hydrogens (tertiary/aromatic N) is 2. The van der Waals surface area contributed by atoms with Crippen molar-refractivity contribution in [1.29, 1.82) is 0 Å². The molecule has 0 aliphatic carbocycles. The van der Waals surface area contributed by atoms with E-state index >= 15 is 0 Å². The van der Waals surface area contributed by atoms with Crippen molar-refractivity contribution in [2.24, 2.45) is 0 Å². The number of rotatable bonds is 6. The first-order valence-corrected chi connectivity index (χ1v) is 8.79. The molecular weight excluding hydrogens is 346 g/mol. The van der Waals surface area contributed by atoms with Crippen molar-refractivity contribution in [2.45, 2.75) is 25.9 Å². The van der Waals surface area contributed by atoms with Gasteiger partial charge in [-0.05, 0) is 59.4 Å². The Morgan fingerprint density at radius 2 is 2.19 bits per heavy atom. The molecule has 1 atom stereocenters. The zero-order chi connectivity index (χ0) is 14.7. The normalized spacial score (nSPS) is 12.9. The van der Waals surface area contributed by atoms with Crippen LogP contribution in [0.2, 0.25) is 0 Å². The molecule has 0 spiro atoms. The summed E-state index contributed by atoms with van der Waals surface area (Å²) >= 11 is 5.38. The Morgan fingerprint density at radius 3 is 3.00 bits per heavy atom. The van der Waals surface area contributed by atoms with E-state index < -0.39 is 0 Å². The second-order valence-electron chi connectivity index (χ2n) is 5.09. The second kappa shape index (κ2) is 6.73. The highest BCUT2D eigenvalue weighted by Gasteiger charge is 2.09. The average molecular weight is 364 g/mol. The van der Waals surface area contributed by atoms with Crippen LogP contribution in [0.5, 0.6) is 0 Å². The maximum atomic E-state index is 4.42. The van der Waals surface area contributed by atoms with Crippen LogP contribution < -0.4 is 5.32 Å². The number of hydrogen-bond donors (Lipinski definition) is 1. The molecule has 3 rings (SSSR count). The van der Waals surface area contributed by atoms with Gasteiger partial charge in [0.1, 0.15) is 0 Å². The number of halogens is 1. The number of fused-ring (bicyclic) bond motifs is 1. The molecule has 110 valence electrons. The minimum Gasteiger partial charge on any atom is -0.331 e. The Bertz CT molecular complexity index is 719. The molecule has 1 aromatic carbocycles. The molecule has 2 heterocycles. The summed E-state index contributed by atoms with van der Waals surface area (Å²) in [6.45, 7) is 4.20. The van der Waals surface area contributed by atoms with E-state index in [2.05, 4.69) is 67.4 Å². The van der Waals surface area contributed by atoms with Crippen molar-refractivity contribution < 1.29 is 0 Å². The van der Waals surface area contributed by atoms with Gasteiger partial charge in [-0.3, -0.25) is 0 Å². The van der Waals surface area contributed by atoms with E-state index in [1.54, 1.807) is 11.3 Å². The maximum absolute atomic E-state index is 4.42. The monoisotopic (exact) mass is 363 g/mol. The maximum Gasteiger partial charge on any atom is 0.0958 e. The molecule has 1 N–H and O–H groups in total. The Hall–Kier alpha value is -1.17. The van der Waals surface area contributed by atoms with E-state index in [0.29, 0.717) is 6.04 Å². The zero-order valence-electron chi connectivity index (χ0n) is 11.9. The van der Waals surface area contributed by atoms with Crippen LogP contribution in [0.15, 0.2) is 46.5 Å². The van der Waals surface area contributed by atoms with E-state index in [-0.39, 0.29) is 0 Å². The van der Waals surface area contributed by atoms with E-state index in [9.17, 15) is 0 Å². The third kappa shape index (κ3) is 3.36. The lowest BCUT2D eigenvalue weighted by Gasteiger charge is -2.13. The topological polar surface area (TPSA) is 29.9 Å². The van der Waals surface area contributed by atoms with Gasteiger partial charge in [-0.2, -0.15) is 0 Å². The van der Waals surface area contributed by atoms with Gasteiger partial charge in [0, 0.05) is 21.9 Å². The predicted octanol–water partition coefficient (Wildman–Crippen LogP) is 4.60. The van der Waals surface area contributed by atoms with Crippen molar-refractivity contribution in [3.8, 4) is 0 Å². The van der Waals surface area contributed by atoms with Gasteiger partial charge in [0.25, 0.3) is 0 Å². The molecule has 0 aliphatic heterocycles. The predicted molar refractivity (Wildman–Crippen MR) is 92.8 cm³/mol. The number of aromatic nitrogens is 2. The quantitative estimate of drug-likeness (QED) is 0.648. The summed E-state index contributed by atoms with van der Waals surface area (Å²) in [7, 11) is 0. The summed E-state index contributed by atoms with van der Waals surface area (Å²) < 4.78 is 3.43. The molecule has 0 saturated heterocycles. The summed E-state index contributed by atoms with van der Waals surface area (Å²) in [5.74, 6) is 0. The SMILES string of the molecule is CC(NCCCn1cnc2ccccc21)c1sccc1Br. The van der Waals surface area contributed by atoms with E-state index in [1.165, 1.54) is 14.9 Å². The fourth-order valence-electron chi connectivity index (χ4n) is 2.46. The highest BCUT2D eigenvalue weighted by molar-refractivity contribution is 9.10. The van der Waals surface area contributed by atoms with Crippen molar-refractivity contribution in [2.75, 3.05) is 6.54 Å². The highest BCUT2D eigenvalue weighted by Crippen LogP contribution is 2.28. The minimum atomic E-state index is 0.388. The molecule has 0 bridgehead atoms. The van der Waals surface area contributed by atoms with Crippen LogP contribution in [0.25, 0.3) is 11.0 Å². The van der Waals surface area contributed by atoms with Crippen LogP contribution >= 0.6 is 27.3 Å². The largest absolute Gasteiger partial charge is 0.331 e. The van der Waals surface area contributed by atoms with Crippen LogP contribution in [-0.4, -0.2) is 16.1 Å². The van der Waals surface area contributed by atoms with Gasteiger partial charge in [-0.15, -0.1) is 11.3 Å². The van der Waals surface area contributed by atoms with Gasteiger partial charge < -0.3 is 9.88 Å². The first-order valence-electron chi connectivity index (χ1n) is 7.12. The summed E-state index contributed by atoms with van der Waals surface area (Å²) in [5, 5.41) is 5.70. The fraction of sp³-hybridized carbons (Fsp3) is 0.312. The Morgan fingerprint density at radius 1 is 1.33 bits per heavy atom. The number of imidazole rings is 1. The zero-order valence-corrected chi connectivity index (χ0v) is 14.3. The summed E-state index contributed by atoms with van der Waals surface area (Å²) in [6, 6.07) is 10.8. The van der Waals surface area contributed by atoms with Crippen LogP contribution in [-0.2, 0) is 6.54 Å². The van der Waals surface area contributed by atoms with Gasteiger partial charge in [-0.1, -0.05) is 12.1 Å². The lowest BCUT2D eigenvalue weighted by Crippen LogP contribution is -2.20. The van der Waals surface area contributed by atoms with Gasteiger partial charge >= 0.3 is 0 Å². The molecular formula is C16H18BrN3S. The molecule has 2 aromatic heterocycles. The first kappa shape index (κ1) is 14.8. The molecule has 21 heavy (non-hydrogen) atoms. The fourth-order valence-corrected chi connectivity index (χ4v) is 4.21. The summed E-state index contributed by atoms with van der Waals surface area (Å²) in [6.07, 6.45) is 3.03. The van der Waals surface area contributed by atoms with Gasteiger partial charge in [0.05, 0.1) is 17.4 Å². The van der Waals surface area contributed by atoms with Gasteiger partial charge in [0.15, 0.2) is 0 Å². The molecule has 3 nitrogen and oxygen atoms in total. The Kier molecular flexibility index (Phi) is 4.73.